The summed E-state index contributed by atoms with van der Waals surface area (Å²) < 4.78 is 42.9. The lowest BCUT2D eigenvalue weighted by Crippen LogP contribution is -2.73. The Kier molecular flexibility index (Phi) is 9.26. The van der Waals surface area contributed by atoms with Gasteiger partial charge in [-0.25, -0.2) is 4.79 Å². The van der Waals surface area contributed by atoms with Crippen molar-refractivity contribution in [1.82, 2.24) is 0 Å². The number of hydrogen-bond donors (Lipinski definition) is 0. The fourth-order valence-corrected chi connectivity index (χ4v) is 11.6. The normalized spacial score (nSPS) is 39.1. The van der Waals surface area contributed by atoms with E-state index in [1.807, 2.05) is 26.8 Å². The van der Waals surface area contributed by atoms with Crippen LogP contribution in [0.1, 0.15) is 77.6 Å². The smallest absolute Gasteiger partial charge is 0.356 e. The molecule has 3 fully saturated rings. The minimum atomic E-state index is -3.68. The summed E-state index contributed by atoms with van der Waals surface area (Å²) in [6.07, 6.45) is 8.40. The molecule has 3 saturated carbocycles. The molecule has 0 amide bonds. The minimum Gasteiger partial charge on any atom is -0.472 e. The van der Waals surface area contributed by atoms with Crippen molar-refractivity contribution in [3.8, 4) is 0 Å². The Hall–Kier alpha value is -1.74. The van der Waals surface area contributed by atoms with Crippen LogP contribution in [-0.2, 0) is 32.7 Å². The highest BCUT2D eigenvalue weighted by atomic mass is 35.5. The average Bonchev–Trinajstić information content (AvgIpc) is 3.61. The average molecular weight is 686 g/mol. The molecule has 0 bridgehead atoms. The van der Waals surface area contributed by atoms with Crippen LogP contribution in [0.25, 0.3) is 0 Å². The lowest BCUT2D eigenvalue weighted by molar-refractivity contribution is -0.200. The van der Waals surface area contributed by atoms with Crippen molar-refractivity contribution in [2.45, 2.75) is 83.8 Å². The number of ether oxygens (including phenoxy) is 2. The van der Waals surface area contributed by atoms with Crippen LogP contribution in [0, 0.1) is 28.1 Å². The van der Waals surface area contributed by atoms with Gasteiger partial charge in [0.05, 0.1) is 41.9 Å². The summed E-state index contributed by atoms with van der Waals surface area (Å²) in [6, 6.07) is 1.49. The SMILES string of the molecule is CCOP(=O)(CO[C@H]1C[C@@]2(C)[C@@H](C[C@@H](C)[C@]2(OC(=O)c2ccoc2)C(=O)CCl)[C@]2(C)CCC3=CC(=O)C=C[C@]3(C)[C@@]12Cl)OCC. The zero-order valence-corrected chi connectivity index (χ0v) is 29.1. The number of carbonyl (C=O) groups excluding carboxylic acids is 3. The van der Waals surface area contributed by atoms with E-state index in [9.17, 15) is 18.9 Å². The number of esters is 1. The van der Waals surface area contributed by atoms with Crippen molar-refractivity contribution in [2.75, 3.05) is 25.4 Å². The lowest BCUT2D eigenvalue weighted by Gasteiger charge is -2.69. The van der Waals surface area contributed by atoms with Gasteiger partial charge in [-0.1, -0.05) is 39.3 Å². The van der Waals surface area contributed by atoms with Crippen molar-refractivity contribution in [1.29, 1.82) is 0 Å². The van der Waals surface area contributed by atoms with Gasteiger partial charge in [0.15, 0.2) is 17.2 Å². The van der Waals surface area contributed by atoms with Crippen LogP contribution >= 0.6 is 30.8 Å². The predicted molar refractivity (Wildman–Crippen MR) is 169 cm³/mol. The Morgan fingerprint density at radius 1 is 1.13 bits per heavy atom. The maximum atomic E-state index is 14.1. The molecule has 1 heterocycles. The lowest BCUT2D eigenvalue weighted by atomic mass is 9.40. The number of fused-ring (bicyclic) bond motifs is 5. The third-order valence-corrected chi connectivity index (χ3v) is 14.5. The van der Waals surface area contributed by atoms with E-state index in [2.05, 4.69) is 6.92 Å². The monoisotopic (exact) mass is 684 g/mol. The maximum absolute atomic E-state index is 14.1. The first-order valence-electron chi connectivity index (χ1n) is 15.6. The summed E-state index contributed by atoms with van der Waals surface area (Å²) in [6.45, 7) is 11.8. The Balaban J connectivity index is 1.69. The summed E-state index contributed by atoms with van der Waals surface area (Å²) in [5.74, 6) is -2.20. The molecule has 5 rings (SSSR count). The van der Waals surface area contributed by atoms with Crippen LogP contribution in [-0.4, -0.2) is 59.6 Å². The highest BCUT2D eigenvalue weighted by molar-refractivity contribution is 7.53. The highest BCUT2D eigenvalue weighted by Gasteiger charge is 2.80. The molecule has 0 unspecified atom stereocenters. The number of alkyl halides is 2. The molecule has 1 aromatic heterocycles. The molecule has 248 valence electrons. The van der Waals surface area contributed by atoms with E-state index in [4.69, 9.17) is 46.1 Å². The minimum absolute atomic E-state index is 0.103. The fourth-order valence-electron chi connectivity index (χ4n) is 9.51. The molecule has 1 aromatic rings. The van der Waals surface area contributed by atoms with Crippen molar-refractivity contribution in [2.24, 2.45) is 28.1 Å². The van der Waals surface area contributed by atoms with Gasteiger partial charge in [0.2, 0.25) is 0 Å². The van der Waals surface area contributed by atoms with Gasteiger partial charge in [-0.05, 0) is 69.1 Å². The highest BCUT2D eigenvalue weighted by Crippen LogP contribution is 2.77. The van der Waals surface area contributed by atoms with Crippen molar-refractivity contribution in [3.63, 3.8) is 0 Å². The zero-order valence-electron chi connectivity index (χ0n) is 26.7. The molecular weight excluding hydrogens is 642 g/mol. The number of ketones is 2. The number of allylic oxidation sites excluding steroid dienone is 4. The van der Waals surface area contributed by atoms with Gasteiger partial charge in [0, 0.05) is 16.7 Å². The van der Waals surface area contributed by atoms with Crippen LogP contribution in [0.15, 0.2) is 46.8 Å². The molecule has 0 aliphatic heterocycles. The van der Waals surface area contributed by atoms with E-state index in [1.54, 1.807) is 26.0 Å². The van der Waals surface area contributed by atoms with Gasteiger partial charge >= 0.3 is 13.6 Å². The number of carbonyl (C=O) groups is 3. The molecule has 8 atom stereocenters. The van der Waals surface area contributed by atoms with E-state index in [-0.39, 0.29) is 49.1 Å². The number of rotatable bonds is 11. The topological polar surface area (TPSA) is 118 Å². The molecule has 12 heteroatoms. The third kappa shape index (κ3) is 4.90. The molecule has 0 spiro atoms. The molecule has 45 heavy (non-hydrogen) atoms. The van der Waals surface area contributed by atoms with Gasteiger partial charge in [-0.3, -0.25) is 14.2 Å². The molecule has 0 N–H and O–H groups in total. The summed E-state index contributed by atoms with van der Waals surface area (Å²) >= 11 is 14.4. The first-order valence-corrected chi connectivity index (χ1v) is 18.2. The number of furan rings is 1. The van der Waals surface area contributed by atoms with E-state index < -0.39 is 58.1 Å². The molecule has 9 nitrogen and oxygen atoms in total. The summed E-state index contributed by atoms with van der Waals surface area (Å²) in [5, 5.41) is 0. The number of Topliss-reactive ketones (excluding diaryl/α,β-unsaturated/α-hetero) is 1. The van der Waals surface area contributed by atoms with E-state index in [1.165, 1.54) is 18.6 Å². The first kappa shape index (κ1) is 34.6. The molecule has 4 aliphatic rings. The molecular formula is C33H43Cl2O9P. The van der Waals surface area contributed by atoms with Gasteiger partial charge in [-0.15, -0.1) is 23.2 Å². The second-order valence-electron chi connectivity index (χ2n) is 13.5. The van der Waals surface area contributed by atoms with Gasteiger partial charge in [0.25, 0.3) is 0 Å². The van der Waals surface area contributed by atoms with Crippen LogP contribution in [0.2, 0.25) is 0 Å². The third-order valence-electron chi connectivity index (χ3n) is 11.4. The number of hydrogen-bond acceptors (Lipinski definition) is 9. The van der Waals surface area contributed by atoms with E-state index >= 15 is 0 Å². The molecule has 0 aromatic carbocycles. The van der Waals surface area contributed by atoms with E-state index in [0.717, 1.165) is 5.57 Å². The number of halogens is 2. The van der Waals surface area contributed by atoms with Crippen LogP contribution in [0.5, 0.6) is 0 Å². The summed E-state index contributed by atoms with van der Waals surface area (Å²) in [7, 11) is -3.68. The zero-order chi connectivity index (χ0) is 33.1. The van der Waals surface area contributed by atoms with Gasteiger partial charge in [-0.2, -0.15) is 0 Å². The van der Waals surface area contributed by atoms with Crippen molar-refractivity contribution >= 4 is 48.3 Å². The Bertz CT molecular complexity index is 1450. The maximum Gasteiger partial charge on any atom is 0.356 e. The van der Waals surface area contributed by atoms with Crippen molar-refractivity contribution in [3.05, 3.63) is 48.0 Å². The van der Waals surface area contributed by atoms with E-state index in [0.29, 0.717) is 19.3 Å². The van der Waals surface area contributed by atoms with Crippen LogP contribution in [0.3, 0.4) is 0 Å². The second kappa shape index (κ2) is 12.1. The molecule has 4 aliphatic carbocycles. The van der Waals surface area contributed by atoms with Crippen LogP contribution in [0.4, 0.5) is 0 Å². The quantitative estimate of drug-likeness (QED) is 0.133. The fraction of sp³-hybridized carbons (Fsp3) is 0.667. The van der Waals surface area contributed by atoms with Crippen LogP contribution < -0.4 is 0 Å². The Morgan fingerprint density at radius 3 is 2.42 bits per heavy atom. The first-order chi connectivity index (χ1) is 21.1. The largest absolute Gasteiger partial charge is 0.472 e. The molecule has 0 saturated heterocycles. The van der Waals surface area contributed by atoms with Gasteiger partial charge < -0.3 is 22.9 Å². The molecule has 0 radical (unpaired) electrons. The summed E-state index contributed by atoms with van der Waals surface area (Å²) in [5.41, 5.74) is -3.06. The Morgan fingerprint density at radius 2 is 1.82 bits per heavy atom. The predicted octanol–water partition coefficient (Wildman–Crippen LogP) is 7.51. The second-order valence-corrected chi connectivity index (χ2v) is 16.3. The Labute approximate surface area is 274 Å². The van der Waals surface area contributed by atoms with Crippen molar-refractivity contribution < 1.29 is 41.9 Å². The van der Waals surface area contributed by atoms with Gasteiger partial charge in [0.1, 0.15) is 12.6 Å². The summed E-state index contributed by atoms with van der Waals surface area (Å²) in [4.78, 5) is 39.1. The standard InChI is InChI=1S/C33H43Cl2O9P/c1-7-42-45(39,43-8-2)20-41-27-17-31(6)25(30(5)12-9-23-16-24(36)10-13-29(23,4)33(27,30)35)15-21(3)32(31,26(37)18-34)44-28(38)22-11-14-40-19-22/h10-11,13-14,16,19,21,25,27H,7-9,12,15,17-18,20H2,1-6H3/t21-,25+,27+,29+,30+,31+,32+,33+/m1/s1.